The summed E-state index contributed by atoms with van der Waals surface area (Å²) in [7, 11) is -2.63. The van der Waals surface area contributed by atoms with Crippen LogP contribution in [0.25, 0.3) is 0 Å². The predicted molar refractivity (Wildman–Crippen MR) is 129 cm³/mol. The van der Waals surface area contributed by atoms with Crippen molar-refractivity contribution in [2.75, 3.05) is 51.3 Å². The van der Waals surface area contributed by atoms with Crippen molar-refractivity contribution in [1.29, 1.82) is 0 Å². The monoisotopic (exact) mass is 489 g/mol. The second kappa shape index (κ2) is 9.92. The van der Waals surface area contributed by atoms with Crippen molar-refractivity contribution in [2.45, 2.75) is 31.6 Å². The van der Waals surface area contributed by atoms with E-state index in [0.29, 0.717) is 32.5 Å². The minimum Gasteiger partial charge on any atom is -0.495 e. The number of methoxy groups -OCH3 is 1. The first-order valence-electron chi connectivity index (χ1n) is 11.7. The Balaban J connectivity index is 1.43. The molecule has 0 spiro atoms. The summed E-state index contributed by atoms with van der Waals surface area (Å²) in [4.78, 5) is 17.3. The molecule has 184 valence electrons. The molecule has 9 heteroatoms. The number of piperidine rings is 1. The van der Waals surface area contributed by atoms with E-state index in [1.54, 1.807) is 0 Å². The standard InChI is InChI=1S/C25H32FN3O4S/c1-18-6-4-8-22(19(18)2)27-12-14-28(15-13-27)25(30)20-7-5-11-29(17-20)34(31,32)24-16-21(26)9-10-23(24)33-3/h4,6,8-10,16,20H,5,7,11-15,17H2,1-3H3/t20-/m0/s1. The van der Waals surface area contributed by atoms with Gasteiger partial charge in [0.25, 0.3) is 0 Å². The topological polar surface area (TPSA) is 70.2 Å². The van der Waals surface area contributed by atoms with E-state index in [2.05, 4.69) is 36.9 Å². The summed E-state index contributed by atoms with van der Waals surface area (Å²) in [6, 6.07) is 9.72. The van der Waals surface area contributed by atoms with Crippen molar-refractivity contribution in [1.82, 2.24) is 9.21 Å². The van der Waals surface area contributed by atoms with Crippen molar-refractivity contribution >= 4 is 21.6 Å². The maximum atomic E-state index is 13.8. The average Bonchev–Trinajstić information content (AvgIpc) is 2.85. The second-order valence-corrected chi connectivity index (χ2v) is 10.9. The summed E-state index contributed by atoms with van der Waals surface area (Å²) in [6.07, 6.45) is 1.22. The molecule has 2 aromatic carbocycles. The van der Waals surface area contributed by atoms with Gasteiger partial charge in [0.2, 0.25) is 15.9 Å². The van der Waals surface area contributed by atoms with Gasteiger partial charge in [0.1, 0.15) is 16.5 Å². The molecule has 0 N–H and O–H groups in total. The number of hydrogen-bond donors (Lipinski definition) is 0. The van der Waals surface area contributed by atoms with E-state index < -0.39 is 21.8 Å². The zero-order valence-electron chi connectivity index (χ0n) is 20.0. The van der Waals surface area contributed by atoms with Gasteiger partial charge in [0.15, 0.2) is 0 Å². The molecule has 0 bridgehead atoms. The predicted octanol–water partition coefficient (Wildman–Crippen LogP) is 3.20. The number of aryl methyl sites for hydroxylation is 1. The molecule has 0 aromatic heterocycles. The quantitative estimate of drug-likeness (QED) is 0.645. The Morgan fingerprint density at radius 2 is 1.79 bits per heavy atom. The number of ether oxygens (including phenoxy) is 1. The SMILES string of the molecule is COc1ccc(F)cc1S(=O)(=O)N1CCC[C@H](C(=O)N2CCN(c3cccc(C)c3C)CC2)C1. The van der Waals surface area contributed by atoms with Crippen molar-refractivity contribution in [3.8, 4) is 5.75 Å². The Morgan fingerprint density at radius 1 is 1.06 bits per heavy atom. The molecule has 4 rings (SSSR count). The molecular weight excluding hydrogens is 457 g/mol. The molecule has 34 heavy (non-hydrogen) atoms. The molecule has 2 fully saturated rings. The van der Waals surface area contributed by atoms with Gasteiger partial charge in [0, 0.05) is 45.0 Å². The minimum absolute atomic E-state index is 0.00767. The van der Waals surface area contributed by atoms with Crippen LogP contribution < -0.4 is 9.64 Å². The van der Waals surface area contributed by atoms with Crippen molar-refractivity contribution in [2.24, 2.45) is 5.92 Å². The molecule has 0 unspecified atom stereocenters. The van der Waals surface area contributed by atoms with E-state index in [4.69, 9.17) is 4.74 Å². The number of halogens is 1. The Hall–Kier alpha value is -2.65. The van der Waals surface area contributed by atoms with E-state index in [9.17, 15) is 17.6 Å². The zero-order valence-corrected chi connectivity index (χ0v) is 20.8. The van der Waals surface area contributed by atoms with Crippen LogP contribution in [0.2, 0.25) is 0 Å². The lowest BCUT2D eigenvalue weighted by Crippen LogP contribution is -2.53. The van der Waals surface area contributed by atoms with Gasteiger partial charge in [-0.1, -0.05) is 12.1 Å². The summed E-state index contributed by atoms with van der Waals surface area (Å²) in [5, 5.41) is 0. The lowest BCUT2D eigenvalue weighted by molar-refractivity contribution is -0.137. The van der Waals surface area contributed by atoms with Crippen molar-refractivity contribution in [3.05, 3.63) is 53.3 Å². The highest BCUT2D eigenvalue weighted by molar-refractivity contribution is 7.89. The first-order valence-corrected chi connectivity index (χ1v) is 13.1. The maximum absolute atomic E-state index is 13.8. The van der Waals surface area contributed by atoms with Gasteiger partial charge in [-0.25, -0.2) is 12.8 Å². The number of sulfonamides is 1. The molecule has 2 aliphatic heterocycles. The minimum atomic E-state index is -3.99. The Labute approximate surface area is 201 Å². The van der Waals surface area contributed by atoms with Crippen LogP contribution in [0.1, 0.15) is 24.0 Å². The normalized spacial score (nSPS) is 19.8. The molecule has 0 radical (unpaired) electrons. The average molecular weight is 490 g/mol. The number of carbonyl (C=O) groups excluding carboxylic acids is 1. The van der Waals surface area contributed by atoms with E-state index in [-0.39, 0.29) is 23.1 Å². The van der Waals surface area contributed by atoms with Gasteiger partial charge < -0.3 is 14.5 Å². The smallest absolute Gasteiger partial charge is 0.246 e. The van der Waals surface area contributed by atoms with Crippen molar-refractivity contribution < 1.29 is 22.3 Å². The van der Waals surface area contributed by atoms with Gasteiger partial charge >= 0.3 is 0 Å². The molecule has 0 saturated carbocycles. The number of hydrogen-bond acceptors (Lipinski definition) is 5. The fraction of sp³-hybridized carbons (Fsp3) is 0.480. The summed E-state index contributed by atoms with van der Waals surface area (Å²) in [5.41, 5.74) is 3.70. The Morgan fingerprint density at radius 3 is 2.50 bits per heavy atom. The number of benzene rings is 2. The number of anilines is 1. The highest BCUT2D eigenvalue weighted by Crippen LogP contribution is 2.31. The molecule has 1 atom stereocenters. The maximum Gasteiger partial charge on any atom is 0.246 e. The van der Waals surface area contributed by atoms with Gasteiger partial charge in [0.05, 0.1) is 13.0 Å². The van der Waals surface area contributed by atoms with Crippen LogP contribution in [0.3, 0.4) is 0 Å². The molecule has 2 aromatic rings. The highest BCUT2D eigenvalue weighted by atomic mass is 32.2. The number of amides is 1. The third kappa shape index (κ3) is 4.77. The third-order valence-corrected chi connectivity index (χ3v) is 8.87. The van der Waals surface area contributed by atoms with Crippen LogP contribution in [-0.4, -0.2) is 69.9 Å². The van der Waals surface area contributed by atoms with Crippen molar-refractivity contribution in [3.63, 3.8) is 0 Å². The molecule has 2 aliphatic rings. The number of piperazine rings is 1. The summed E-state index contributed by atoms with van der Waals surface area (Å²) in [6.45, 7) is 7.30. The van der Waals surface area contributed by atoms with Crippen LogP contribution >= 0.6 is 0 Å². The van der Waals surface area contributed by atoms with Crippen LogP contribution in [0.5, 0.6) is 5.75 Å². The lowest BCUT2D eigenvalue weighted by atomic mass is 9.97. The first-order chi connectivity index (χ1) is 16.2. The van der Waals surface area contributed by atoms with Crippen LogP contribution in [0.15, 0.2) is 41.3 Å². The van der Waals surface area contributed by atoms with Gasteiger partial charge in [-0.05, 0) is 62.1 Å². The number of nitrogens with zero attached hydrogens (tertiary/aromatic N) is 3. The van der Waals surface area contributed by atoms with Gasteiger partial charge in [-0.3, -0.25) is 4.79 Å². The fourth-order valence-electron chi connectivity index (χ4n) is 4.86. The second-order valence-electron chi connectivity index (χ2n) is 9.03. The van der Waals surface area contributed by atoms with Gasteiger partial charge in [-0.2, -0.15) is 4.31 Å². The van der Waals surface area contributed by atoms with E-state index in [1.807, 2.05) is 4.90 Å². The van der Waals surface area contributed by atoms with Gasteiger partial charge in [-0.15, -0.1) is 0 Å². The van der Waals surface area contributed by atoms with E-state index >= 15 is 0 Å². The Bertz CT molecular complexity index is 1160. The summed E-state index contributed by atoms with van der Waals surface area (Å²) in [5.74, 6) is -0.967. The van der Waals surface area contributed by atoms with E-state index in [0.717, 1.165) is 25.2 Å². The van der Waals surface area contributed by atoms with E-state index in [1.165, 1.54) is 34.3 Å². The molecule has 2 saturated heterocycles. The number of rotatable bonds is 5. The highest BCUT2D eigenvalue weighted by Gasteiger charge is 2.37. The van der Waals surface area contributed by atoms with Crippen LogP contribution in [0.4, 0.5) is 10.1 Å². The van der Waals surface area contributed by atoms with Crippen LogP contribution in [0, 0.1) is 25.6 Å². The molecule has 7 nitrogen and oxygen atoms in total. The third-order valence-electron chi connectivity index (χ3n) is 6.98. The summed E-state index contributed by atoms with van der Waals surface area (Å²) < 4.78 is 46.8. The number of carbonyl (C=O) groups is 1. The zero-order chi connectivity index (χ0) is 24.5. The molecular formula is C25H32FN3O4S. The molecule has 2 heterocycles. The summed E-state index contributed by atoms with van der Waals surface area (Å²) >= 11 is 0. The van der Waals surface area contributed by atoms with Crippen LogP contribution in [-0.2, 0) is 14.8 Å². The fourth-order valence-corrected chi connectivity index (χ4v) is 6.55. The molecule has 0 aliphatic carbocycles. The molecule has 1 amide bonds. The Kier molecular flexibility index (Phi) is 7.14. The lowest BCUT2D eigenvalue weighted by Gasteiger charge is -2.40. The largest absolute Gasteiger partial charge is 0.495 e. The first kappa shape index (κ1) is 24.5.